The minimum Gasteiger partial charge on any atom is -0.371 e. The number of nitrogens with zero attached hydrogens (tertiary/aromatic N) is 3. The first-order valence-corrected chi connectivity index (χ1v) is 9.61. The number of benzene rings is 1. The lowest BCUT2D eigenvalue weighted by atomic mass is 9.97. The van der Waals surface area contributed by atoms with Crippen molar-refractivity contribution in [1.82, 2.24) is 13.9 Å². The Morgan fingerprint density at radius 3 is 2.92 bits per heavy atom. The third-order valence-electron chi connectivity index (χ3n) is 5.13. The van der Waals surface area contributed by atoms with Gasteiger partial charge < -0.3 is 9.30 Å². The van der Waals surface area contributed by atoms with Crippen molar-refractivity contribution in [2.24, 2.45) is 0 Å². The highest BCUT2D eigenvalue weighted by Gasteiger charge is 2.49. The van der Waals surface area contributed by atoms with E-state index in [2.05, 4.69) is 4.98 Å². The molecule has 0 amide bonds. The van der Waals surface area contributed by atoms with Gasteiger partial charge in [-0.05, 0) is 25.0 Å². The van der Waals surface area contributed by atoms with Crippen LogP contribution in [0, 0.1) is 6.92 Å². The van der Waals surface area contributed by atoms with Gasteiger partial charge in [-0.1, -0.05) is 18.2 Å². The summed E-state index contributed by atoms with van der Waals surface area (Å²) in [7, 11) is -3.47. The Morgan fingerprint density at radius 1 is 1.33 bits per heavy atom. The summed E-state index contributed by atoms with van der Waals surface area (Å²) >= 11 is 0. The van der Waals surface area contributed by atoms with Crippen LogP contribution in [0.4, 0.5) is 0 Å². The van der Waals surface area contributed by atoms with Crippen molar-refractivity contribution in [1.29, 1.82) is 0 Å². The topological polar surface area (TPSA) is 64.4 Å². The Hall–Kier alpha value is -1.70. The second-order valence-electron chi connectivity index (χ2n) is 6.72. The molecule has 7 heteroatoms. The minimum absolute atomic E-state index is 0.230. The van der Waals surface area contributed by atoms with Gasteiger partial charge in [0.2, 0.25) is 10.0 Å². The number of sulfonamides is 1. The molecule has 24 heavy (non-hydrogen) atoms. The van der Waals surface area contributed by atoms with E-state index in [9.17, 15) is 8.42 Å². The van der Waals surface area contributed by atoms with Crippen molar-refractivity contribution in [2.75, 3.05) is 19.7 Å². The van der Waals surface area contributed by atoms with E-state index in [0.717, 1.165) is 18.4 Å². The van der Waals surface area contributed by atoms with Crippen LogP contribution in [0.15, 0.2) is 47.9 Å². The molecule has 3 heterocycles. The van der Waals surface area contributed by atoms with E-state index >= 15 is 0 Å². The second-order valence-corrected chi connectivity index (χ2v) is 8.62. The summed E-state index contributed by atoms with van der Waals surface area (Å²) < 4.78 is 35.6. The Labute approximate surface area is 142 Å². The van der Waals surface area contributed by atoms with E-state index in [1.54, 1.807) is 29.0 Å². The lowest BCUT2D eigenvalue weighted by molar-refractivity contribution is 0.0165. The number of aromatic nitrogens is 2. The Balaban J connectivity index is 1.54. The highest BCUT2D eigenvalue weighted by molar-refractivity contribution is 7.89. The molecule has 0 bridgehead atoms. The summed E-state index contributed by atoms with van der Waals surface area (Å²) in [6, 6.07) is 7.37. The van der Waals surface area contributed by atoms with Crippen LogP contribution in [0.25, 0.3) is 0 Å². The van der Waals surface area contributed by atoms with E-state index < -0.39 is 10.0 Å². The average molecular weight is 347 g/mol. The van der Waals surface area contributed by atoms with Gasteiger partial charge in [0.05, 0.1) is 29.5 Å². The predicted molar refractivity (Wildman–Crippen MR) is 89.1 cm³/mol. The monoisotopic (exact) mass is 347 g/mol. The summed E-state index contributed by atoms with van der Waals surface area (Å²) in [6.45, 7) is 3.37. The van der Waals surface area contributed by atoms with Crippen LogP contribution in [-0.4, -0.2) is 47.6 Å². The molecule has 1 aromatic carbocycles. The molecule has 1 spiro atoms. The fourth-order valence-corrected chi connectivity index (χ4v) is 5.52. The lowest BCUT2D eigenvalue weighted by Crippen LogP contribution is -2.36. The molecule has 0 unspecified atom stereocenters. The second kappa shape index (κ2) is 5.68. The average Bonchev–Trinajstić information content (AvgIpc) is 3.29. The predicted octanol–water partition coefficient (Wildman–Crippen LogP) is 1.99. The molecule has 2 aliphatic heterocycles. The zero-order valence-corrected chi connectivity index (χ0v) is 14.4. The third kappa shape index (κ3) is 2.56. The molecule has 0 radical (unpaired) electrons. The molecule has 0 aliphatic carbocycles. The fraction of sp³-hybridized carbons (Fsp3) is 0.471. The minimum atomic E-state index is -3.47. The molecule has 6 nitrogen and oxygen atoms in total. The number of ether oxygens (including phenoxy) is 1. The molecule has 4 rings (SSSR count). The van der Waals surface area contributed by atoms with Gasteiger partial charge in [0, 0.05) is 31.9 Å². The summed E-state index contributed by atoms with van der Waals surface area (Å²) in [4.78, 5) is 4.48. The maximum absolute atomic E-state index is 13.0. The van der Waals surface area contributed by atoms with Crippen LogP contribution < -0.4 is 0 Å². The Bertz CT molecular complexity index is 835. The molecule has 0 saturated carbocycles. The van der Waals surface area contributed by atoms with Crippen LogP contribution in [0.5, 0.6) is 0 Å². The van der Waals surface area contributed by atoms with Crippen LogP contribution >= 0.6 is 0 Å². The Kier molecular flexibility index (Phi) is 3.74. The highest BCUT2D eigenvalue weighted by Crippen LogP contribution is 2.41. The van der Waals surface area contributed by atoms with E-state index in [1.165, 1.54) is 0 Å². The maximum atomic E-state index is 13.0. The molecule has 0 N–H and O–H groups in total. The fourth-order valence-electron chi connectivity index (χ4n) is 3.78. The summed E-state index contributed by atoms with van der Waals surface area (Å²) in [5, 5.41) is 0. The zero-order chi connectivity index (χ0) is 16.8. The quantitative estimate of drug-likeness (QED) is 0.852. The van der Waals surface area contributed by atoms with Gasteiger partial charge in [0.1, 0.15) is 0 Å². The van der Waals surface area contributed by atoms with E-state index in [-0.39, 0.29) is 11.6 Å². The van der Waals surface area contributed by atoms with E-state index in [1.807, 2.05) is 29.8 Å². The van der Waals surface area contributed by atoms with Gasteiger partial charge in [-0.15, -0.1) is 0 Å². The van der Waals surface area contributed by atoms with Crippen molar-refractivity contribution in [3.05, 3.63) is 48.5 Å². The van der Waals surface area contributed by atoms with Gasteiger partial charge in [-0.3, -0.25) is 0 Å². The number of aryl methyl sites for hydroxylation is 1. The molecular formula is C17H21N3O3S. The normalized spacial score (nSPS) is 28.0. The van der Waals surface area contributed by atoms with Gasteiger partial charge in [-0.2, -0.15) is 4.31 Å². The van der Waals surface area contributed by atoms with Crippen molar-refractivity contribution in [3.8, 4) is 0 Å². The zero-order valence-electron chi connectivity index (χ0n) is 13.6. The number of imidazole rings is 1. The number of hydrogen-bond donors (Lipinski definition) is 0. The molecule has 128 valence electrons. The van der Waals surface area contributed by atoms with Crippen molar-refractivity contribution in [2.45, 2.75) is 36.3 Å². The maximum Gasteiger partial charge on any atom is 0.243 e. The smallest absolute Gasteiger partial charge is 0.243 e. The first-order chi connectivity index (χ1) is 11.5. The largest absolute Gasteiger partial charge is 0.371 e. The molecule has 2 fully saturated rings. The third-order valence-corrected chi connectivity index (χ3v) is 7.13. The molecule has 1 aromatic heterocycles. The van der Waals surface area contributed by atoms with Gasteiger partial charge in [-0.25, -0.2) is 13.4 Å². The van der Waals surface area contributed by atoms with Crippen LogP contribution in [0.3, 0.4) is 0 Å². The molecule has 2 saturated heterocycles. The summed E-state index contributed by atoms with van der Waals surface area (Å²) in [5.41, 5.74) is 0.409. The SMILES string of the molecule is Cc1ccccc1S(=O)(=O)N1CC[C@]2(C[C@H](n3ccnc3)CO2)C1. The molecular weight excluding hydrogens is 326 g/mol. The van der Waals surface area contributed by atoms with Crippen molar-refractivity contribution >= 4 is 10.0 Å². The molecule has 2 aromatic rings. The molecule has 2 atom stereocenters. The first kappa shape index (κ1) is 15.8. The van der Waals surface area contributed by atoms with Crippen molar-refractivity contribution < 1.29 is 13.2 Å². The Morgan fingerprint density at radius 2 is 2.17 bits per heavy atom. The van der Waals surface area contributed by atoms with Crippen LogP contribution in [-0.2, 0) is 14.8 Å². The summed E-state index contributed by atoms with van der Waals surface area (Å²) in [5.74, 6) is 0. The highest BCUT2D eigenvalue weighted by atomic mass is 32.2. The van der Waals surface area contributed by atoms with Crippen LogP contribution in [0.2, 0.25) is 0 Å². The van der Waals surface area contributed by atoms with E-state index in [0.29, 0.717) is 24.6 Å². The van der Waals surface area contributed by atoms with Crippen molar-refractivity contribution in [3.63, 3.8) is 0 Å². The van der Waals surface area contributed by atoms with Gasteiger partial charge in [0.25, 0.3) is 0 Å². The molecule has 2 aliphatic rings. The lowest BCUT2D eigenvalue weighted by Gasteiger charge is -2.23. The number of rotatable bonds is 3. The number of hydrogen-bond acceptors (Lipinski definition) is 4. The van der Waals surface area contributed by atoms with Crippen LogP contribution in [0.1, 0.15) is 24.4 Å². The van der Waals surface area contributed by atoms with E-state index in [4.69, 9.17) is 4.74 Å². The standard InChI is InChI=1S/C17H21N3O3S/c1-14-4-2-3-5-16(14)24(21,22)20-8-6-17(12-20)10-15(11-23-17)19-9-7-18-13-19/h2-5,7,9,13,15H,6,8,10-12H2,1H3/t15-,17-/m0/s1. The van der Waals surface area contributed by atoms with Gasteiger partial charge >= 0.3 is 0 Å². The summed E-state index contributed by atoms with van der Waals surface area (Å²) in [6.07, 6.45) is 7.05. The first-order valence-electron chi connectivity index (χ1n) is 8.17. The van der Waals surface area contributed by atoms with Gasteiger partial charge in [0.15, 0.2) is 0 Å².